The van der Waals surface area contributed by atoms with Crippen LogP contribution in [0.5, 0.6) is 0 Å². The van der Waals surface area contributed by atoms with E-state index in [0.29, 0.717) is 5.56 Å². The molecule has 0 aliphatic carbocycles. The number of hydrogen-bond donors (Lipinski definition) is 0. The van der Waals surface area contributed by atoms with Crippen LogP contribution in [-0.2, 0) is 44.5 Å². The molecule has 1 aromatic carbocycles. The molecule has 0 aromatic heterocycles. The summed E-state index contributed by atoms with van der Waals surface area (Å²) >= 11 is 0. The van der Waals surface area contributed by atoms with Crippen molar-refractivity contribution in [2.75, 3.05) is 19.8 Å². The number of ether oxygens (including phenoxy) is 5. The Hall–Kier alpha value is -2.71. The zero-order valence-electron chi connectivity index (χ0n) is 18.6. The highest BCUT2D eigenvalue weighted by Crippen LogP contribution is 2.24. The number of carbonyl (C=O) groups excluding carboxylic acids is 3. The fraction of sp³-hybridized carbons (Fsp3) is 0.522. The maximum Gasteiger partial charge on any atom is 0.350 e. The van der Waals surface area contributed by atoms with E-state index >= 15 is 0 Å². The van der Waals surface area contributed by atoms with Crippen molar-refractivity contribution in [1.82, 2.24) is 0 Å². The molecule has 0 saturated carbocycles. The van der Waals surface area contributed by atoms with Crippen molar-refractivity contribution in [3.63, 3.8) is 0 Å². The summed E-state index contributed by atoms with van der Waals surface area (Å²) in [5.41, 5.74) is -1.30. The molecule has 0 aliphatic rings. The summed E-state index contributed by atoms with van der Waals surface area (Å²) < 4.78 is 27.0. The lowest BCUT2D eigenvalue weighted by Gasteiger charge is -2.31. The van der Waals surface area contributed by atoms with Crippen LogP contribution in [-0.4, -0.2) is 55.7 Å². The first-order valence-electron chi connectivity index (χ1n) is 10.2. The lowest BCUT2D eigenvalue weighted by Crippen LogP contribution is -2.54. The Kier molecular flexibility index (Phi) is 11.5. The molecule has 0 saturated heterocycles. The number of esters is 3. The van der Waals surface area contributed by atoms with E-state index in [1.807, 2.05) is 6.07 Å². The Morgan fingerprint density at radius 2 is 1.65 bits per heavy atom. The summed E-state index contributed by atoms with van der Waals surface area (Å²) in [5, 5.41) is 0. The Balaban J connectivity index is 3.10. The highest BCUT2D eigenvalue weighted by molar-refractivity contribution is 6.04. The van der Waals surface area contributed by atoms with Gasteiger partial charge in [-0.05, 0) is 26.3 Å². The van der Waals surface area contributed by atoms with E-state index in [9.17, 15) is 14.4 Å². The molecule has 1 rings (SSSR count). The smallest absolute Gasteiger partial charge is 0.350 e. The fourth-order valence-electron chi connectivity index (χ4n) is 2.79. The van der Waals surface area contributed by atoms with Crippen molar-refractivity contribution in [2.24, 2.45) is 0 Å². The first-order chi connectivity index (χ1) is 14.8. The summed E-state index contributed by atoms with van der Waals surface area (Å²) in [6.45, 7) is 9.81. The minimum Gasteiger partial charge on any atom is -0.463 e. The van der Waals surface area contributed by atoms with E-state index in [4.69, 9.17) is 23.7 Å². The molecular weight excluding hydrogens is 404 g/mol. The molecule has 0 fully saturated rings. The Morgan fingerprint density at radius 3 is 2.13 bits per heavy atom. The van der Waals surface area contributed by atoms with E-state index in [2.05, 4.69) is 6.58 Å². The van der Waals surface area contributed by atoms with Gasteiger partial charge in [-0.2, -0.15) is 0 Å². The largest absolute Gasteiger partial charge is 0.463 e. The van der Waals surface area contributed by atoms with Crippen LogP contribution in [0, 0.1) is 0 Å². The van der Waals surface area contributed by atoms with Crippen molar-refractivity contribution < 1.29 is 38.1 Å². The monoisotopic (exact) mass is 436 g/mol. The first kappa shape index (κ1) is 26.3. The average molecular weight is 437 g/mol. The van der Waals surface area contributed by atoms with Crippen molar-refractivity contribution in [3.8, 4) is 0 Å². The van der Waals surface area contributed by atoms with Crippen molar-refractivity contribution in [3.05, 3.63) is 48.6 Å². The van der Waals surface area contributed by atoms with Gasteiger partial charge in [-0.1, -0.05) is 36.4 Å². The maximum absolute atomic E-state index is 12.9. The summed E-state index contributed by atoms with van der Waals surface area (Å²) in [7, 11) is 0. The first-order valence-corrected chi connectivity index (χ1v) is 10.2. The Bertz CT molecular complexity index is 698. The molecule has 0 aliphatic heterocycles. The topological polar surface area (TPSA) is 97.4 Å². The molecule has 0 heterocycles. The molecule has 0 bridgehead atoms. The molecule has 2 atom stereocenters. The summed E-state index contributed by atoms with van der Waals surface area (Å²) in [6, 6.07) is 8.96. The summed E-state index contributed by atoms with van der Waals surface area (Å²) in [6.07, 6.45) is 0.274. The number of carbonyl (C=O) groups is 3. The van der Waals surface area contributed by atoms with Gasteiger partial charge in [-0.15, -0.1) is 6.58 Å². The molecule has 2 unspecified atom stereocenters. The van der Waals surface area contributed by atoms with E-state index in [1.54, 1.807) is 51.1 Å². The Labute approximate surface area is 183 Å². The molecule has 8 nitrogen and oxygen atoms in total. The second-order valence-corrected chi connectivity index (χ2v) is 6.75. The molecule has 8 heteroatoms. The minimum absolute atomic E-state index is 0.0675. The van der Waals surface area contributed by atoms with Gasteiger partial charge in [-0.3, -0.25) is 4.79 Å². The van der Waals surface area contributed by atoms with Gasteiger partial charge in [0.1, 0.15) is 0 Å². The van der Waals surface area contributed by atoms with E-state index in [0.717, 1.165) is 0 Å². The molecule has 0 radical (unpaired) electrons. The van der Waals surface area contributed by atoms with Gasteiger partial charge in [0.2, 0.25) is 6.29 Å². The predicted molar refractivity (Wildman–Crippen MR) is 113 cm³/mol. The van der Waals surface area contributed by atoms with E-state index in [-0.39, 0.29) is 32.7 Å². The Morgan fingerprint density at radius 1 is 1.06 bits per heavy atom. The maximum atomic E-state index is 12.9. The second-order valence-electron chi connectivity index (χ2n) is 6.75. The number of hydrogen-bond acceptors (Lipinski definition) is 8. The standard InChI is InChI=1S/C23H32O8/c1-6-12-20(31-18(5)24)30-17(4)16-29-23(21(25)27-7-2,22(26)28-8-3)15-19-13-10-9-11-14-19/h6,9-11,13-14,17,20H,1,7-8,12,15-16H2,2-5H3. The molecule has 31 heavy (non-hydrogen) atoms. The van der Waals surface area contributed by atoms with Crippen LogP contribution in [0.2, 0.25) is 0 Å². The van der Waals surface area contributed by atoms with Crippen molar-refractivity contribution in [1.29, 1.82) is 0 Å². The van der Waals surface area contributed by atoms with E-state index in [1.165, 1.54) is 6.92 Å². The summed E-state index contributed by atoms with van der Waals surface area (Å²) in [5.74, 6) is -2.18. The molecule has 172 valence electrons. The van der Waals surface area contributed by atoms with Crippen LogP contribution in [0.25, 0.3) is 0 Å². The second kappa shape index (κ2) is 13.6. The van der Waals surface area contributed by atoms with Gasteiger partial charge in [0.25, 0.3) is 5.60 Å². The third-order valence-corrected chi connectivity index (χ3v) is 4.11. The molecule has 0 spiro atoms. The molecule has 0 amide bonds. The molecular formula is C23H32O8. The van der Waals surface area contributed by atoms with Crippen LogP contribution in [0.15, 0.2) is 43.0 Å². The predicted octanol–water partition coefficient (Wildman–Crippen LogP) is 2.98. The van der Waals surface area contributed by atoms with Gasteiger partial charge < -0.3 is 23.7 Å². The van der Waals surface area contributed by atoms with Crippen LogP contribution >= 0.6 is 0 Å². The van der Waals surface area contributed by atoms with Crippen LogP contribution in [0.4, 0.5) is 0 Å². The van der Waals surface area contributed by atoms with Crippen LogP contribution < -0.4 is 0 Å². The van der Waals surface area contributed by atoms with Gasteiger partial charge in [0.15, 0.2) is 0 Å². The fourth-order valence-corrected chi connectivity index (χ4v) is 2.79. The highest BCUT2D eigenvalue weighted by atomic mass is 16.7. The minimum atomic E-state index is -2.00. The SMILES string of the molecule is C=CCC(OC(C)=O)OC(C)COC(Cc1ccccc1)(C(=O)OCC)C(=O)OCC. The normalized spacial score (nSPS) is 13.0. The molecule has 1 aromatic rings. The summed E-state index contributed by atoms with van der Waals surface area (Å²) in [4.78, 5) is 37.1. The molecule has 0 N–H and O–H groups in total. The van der Waals surface area contributed by atoms with Crippen molar-refractivity contribution in [2.45, 2.75) is 58.5 Å². The van der Waals surface area contributed by atoms with E-state index < -0.39 is 35.9 Å². The lowest BCUT2D eigenvalue weighted by atomic mass is 9.94. The van der Waals surface area contributed by atoms with Gasteiger partial charge in [-0.25, -0.2) is 9.59 Å². The van der Waals surface area contributed by atoms with Crippen LogP contribution in [0.3, 0.4) is 0 Å². The quantitative estimate of drug-likeness (QED) is 0.144. The van der Waals surface area contributed by atoms with Gasteiger partial charge in [0.05, 0.1) is 25.9 Å². The zero-order valence-corrected chi connectivity index (χ0v) is 18.6. The third kappa shape index (κ3) is 8.51. The third-order valence-electron chi connectivity index (χ3n) is 4.11. The number of benzene rings is 1. The van der Waals surface area contributed by atoms with Gasteiger partial charge >= 0.3 is 17.9 Å². The van der Waals surface area contributed by atoms with Crippen LogP contribution in [0.1, 0.15) is 39.7 Å². The average Bonchev–Trinajstić information content (AvgIpc) is 2.72. The van der Waals surface area contributed by atoms with Gasteiger partial charge in [0, 0.05) is 19.8 Å². The highest BCUT2D eigenvalue weighted by Gasteiger charge is 2.51. The lowest BCUT2D eigenvalue weighted by molar-refractivity contribution is -0.207. The number of rotatable bonds is 14. The zero-order chi connectivity index (χ0) is 23.3. The van der Waals surface area contributed by atoms with Crippen molar-refractivity contribution >= 4 is 17.9 Å².